The van der Waals surface area contributed by atoms with Crippen LogP contribution < -0.4 is 11.1 Å². The normalized spacial score (nSPS) is 10.0. The Bertz CT molecular complexity index is 593. The van der Waals surface area contributed by atoms with Crippen molar-refractivity contribution in [3.8, 4) is 0 Å². The number of fused-ring (bicyclic) bond motifs is 1. The van der Waals surface area contributed by atoms with Gasteiger partial charge < -0.3 is 15.8 Å². The number of primary amides is 1. The van der Waals surface area contributed by atoms with Crippen molar-refractivity contribution in [2.24, 2.45) is 5.73 Å². The van der Waals surface area contributed by atoms with Crippen LogP contribution in [-0.2, 0) is 9.53 Å². The van der Waals surface area contributed by atoms with Gasteiger partial charge in [-0.2, -0.15) is 0 Å². The van der Waals surface area contributed by atoms with E-state index in [2.05, 4.69) is 15.0 Å². The summed E-state index contributed by atoms with van der Waals surface area (Å²) < 4.78 is 4.20. The van der Waals surface area contributed by atoms with Crippen molar-refractivity contribution >= 4 is 28.7 Å². The number of benzene rings is 1. The molecule has 18 heavy (non-hydrogen) atoms. The predicted octanol–water partition coefficient (Wildman–Crippen LogP) is 1.27. The van der Waals surface area contributed by atoms with Crippen molar-refractivity contribution in [2.75, 3.05) is 11.9 Å². The fraction of sp³-hybridized carbons (Fsp3) is 0.0833. The van der Waals surface area contributed by atoms with E-state index in [1.165, 1.54) is 0 Å². The molecule has 0 aliphatic heterocycles. The molecule has 1 aromatic carbocycles. The topological polar surface area (TPSA) is 94.3 Å². The molecule has 0 spiro atoms. The van der Waals surface area contributed by atoms with Gasteiger partial charge in [0.25, 0.3) is 0 Å². The first kappa shape index (κ1) is 11.8. The summed E-state index contributed by atoms with van der Waals surface area (Å²) in [6.45, 7) is -0.154. The Morgan fingerprint density at radius 2 is 2.06 bits per heavy atom. The number of carbonyl (C=O) groups is 2. The molecule has 1 amide bonds. The second-order valence-electron chi connectivity index (χ2n) is 3.53. The van der Waals surface area contributed by atoms with E-state index in [1.54, 1.807) is 12.3 Å². The Morgan fingerprint density at radius 3 is 2.83 bits per heavy atom. The van der Waals surface area contributed by atoms with Crippen molar-refractivity contribution in [1.29, 1.82) is 0 Å². The molecular formula is C12H11N3O3. The van der Waals surface area contributed by atoms with Gasteiger partial charge in [0.15, 0.2) is 0 Å². The van der Waals surface area contributed by atoms with Gasteiger partial charge in [-0.3, -0.25) is 4.98 Å². The lowest BCUT2D eigenvalue weighted by atomic mass is 10.2. The van der Waals surface area contributed by atoms with E-state index >= 15 is 0 Å². The van der Waals surface area contributed by atoms with Crippen LogP contribution in [0.15, 0.2) is 36.5 Å². The highest BCUT2D eigenvalue weighted by atomic mass is 16.6. The van der Waals surface area contributed by atoms with Gasteiger partial charge in [-0.05, 0) is 12.1 Å². The predicted molar refractivity (Wildman–Crippen MR) is 65.9 cm³/mol. The first-order chi connectivity index (χ1) is 8.66. The van der Waals surface area contributed by atoms with E-state index in [0.29, 0.717) is 5.69 Å². The summed E-state index contributed by atoms with van der Waals surface area (Å²) in [5.74, 6) is -0.740. The molecule has 0 bridgehead atoms. The number of ether oxygens (including phenoxy) is 1. The SMILES string of the molecule is NC(=O)OC(=O)CNc1cccc2cccnc12. The van der Waals surface area contributed by atoms with Crippen LogP contribution in [0.25, 0.3) is 10.9 Å². The number of nitrogens with two attached hydrogens (primary N) is 1. The van der Waals surface area contributed by atoms with Crippen LogP contribution in [-0.4, -0.2) is 23.6 Å². The third-order valence-corrected chi connectivity index (χ3v) is 2.27. The number of nitrogens with zero attached hydrogens (tertiary/aromatic N) is 1. The molecule has 3 N–H and O–H groups in total. The van der Waals surface area contributed by atoms with E-state index in [0.717, 1.165) is 10.9 Å². The zero-order valence-corrected chi connectivity index (χ0v) is 9.42. The monoisotopic (exact) mass is 245 g/mol. The van der Waals surface area contributed by atoms with Crippen LogP contribution in [0.4, 0.5) is 10.5 Å². The molecule has 0 atom stereocenters. The summed E-state index contributed by atoms with van der Waals surface area (Å²) in [5.41, 5.74) is 6.16. The third-order valence-electron chi connectivity index (χ3n) is 2.27. The molecule has 0 unspecified atom stereocenters. The minimum absolute atomic E-state index is 0.154. The summed E-state index contributed by atoms with van der Waals surface area (Å²) in [5, 5.41) is 3.80. The average molecular weight is 245 g/mol. The molecule has 6 nitrogen and oxygen atoms in total. The number of anilines is 1. The lowest BCUT2D eigenvalue weighted by Gasteiger charge is -2.07. The molecule has 92 valence electrons. The Morgan fingerprint density at radius 1 is 1.28 bits per heavy atom. The van der Waals surface area contributed by atoms with E-state index in [9.17, 15) is 9.59 Å². The summed E-state index contributed by atoms with van der Waals surface area (Å²) in [4.78, 5) is 25.7. The summed E-state index contributed by atoms with van der Waals surface area (Å²) in [6, 6.07) is 9.27. The zero-order chi connectivity index (χ0) is 13.0. The van der Waals surface area contributed by atoms with Crippen molar-refractivity contribution in [3.63, 3.8) is 0 Å². The van der Waals surface area contributed by atoms with Crippen LogP contribution in [0.1, 0.15) is 0 Å². The van der Waals surface area contributed by atoms with Crippen LogP contribution in [0, 0.1) is 0 Å². The number of nitrogens with one attached hydrogen (secondary N) is 1. The molecule has 1 heterocycles. The fourth-order valence-corrected chi connectivity index (χ4v) is 1.56. The molecule has 0 aliphatic rings. The highest BCUT2D eigenvalue weighted by molar-refractivity contribution is 5.92. The van der Waals surface area contributed by atoms with Gasteiger partial charge in [0.05, 0.1) is 11.2 Å². The number of rotatable bonds is 3. The van der Waals surface area contributed by atoms with E-state index < -0.39 is 12.1 Å². The van der Waals surface area contributed by atoms with Gasteiger partial charge in [0, 0.05) is 11.6 Å². The van der Waals surface area contributed by atoms with Gasteiger partial charge >= 0.3 is 12.1 Å². The Labute approximate surface area is 103 Å². The van der Waals surface area contributed by atoms with Gasteiger partial charge in [0.1, 0.15) is 6.54 Å². The van der Waals surface area contributed by atoms with Gasteiger partial charge in [-0.15, -0.1) is 0 Å². The lowest BCUT2D eigenvalue weighted by Crippen LogP contribution is -2.24. The molecule has 6 heteroatoms. The maximum Gasteiger partial charge on any atom is 0.412 e. The molecule has 1 aromatic heterocycles. The molecule has 0 saturated carbocycles. The van der Waals surface area contributed by atoms with Crippen LogP contribution in [0.5, 0.6) is 0 Å². The number of hydrogen-bond acceptors (Lipinski definition) is 5. The highest BCUT2D eigenvalue weighted by Gasteiger charge is 2.07. The molecule has 0 aliphatic carbocycles. The molecule has 2 aromatic rings. The Kier molecular flexibility index (Phi) is 3.38. The van der Waals surface area contributed by atoms with Crippen LogP contribution >= 0.6 is 0 Å². The lowest BCUT2D eigenvalue weighted by molar-refractivity contribution is -0.135. The zero-order valence-electron chi connectivity index (χ0n) is 9.42. The standard InChI is InChI=1S/C12H11N3O3/c13-12(17)18-10(16)7-15-9-5-1-3-8-4-2-6-14-11(8)9/h1-6,15H,7H2,(H2,13,17). The number of pyridine rings is 1. The summed E-state index contributed by atoms with van der Waals surface area (Å²) >= 11 is 0. The maximum absolute atomic E-state index is 11.2. The number of hydrogen-bond donors (Lipinski definition) is 2. The Hall–Kier alpha value is -2.63. The molecule has 0 radical (unpaired) electrons. The van der Waals surface area contributed by atoms with Crippen LogP contribution in [0.2, 0.25) is 0 Å². The average Bonchev–Trinajstić information content (AvgIpc) is 2.35. The molecular weight excluding hydrogens is 234 g/mol. The van der Waals surface area contributed by atoms with E-state index in [4.69, 9.17) is 5.73 Å². The first-order valence-corrected chi connectivity index (χ1v) is 5.24. The molecule has 0 saturated heterocycles. The summed E-state index contributed by atoms with van der Waals surface area (Å²) in [7, 11) is 0. The van der Waals surface area contributed by atoms with Crippen molar-refractivity contribution < 1.29 is 14.3 Å². The van der Waals surface area contributed by atoms with Crippen molar-refractivity contribution in [3.05, 3.63) is 36.5 Å². The number of aromatic nitrogens is 1. The maximum atomic E-state index is 11.2. The van der Waals surface area contributed by atoms with Crippen molar-refractivity contribution in [2.45, 2.75) is 0 Å². The quantitative estimate of drug-likeness (QED) is 0.627. The minimum atomic E-state index is -1.11. The third kappa shape index (κ3) is 2.73. The molecule has 2 rings (SSSR count). The van der Waals surface area contributed by atoms with Gasteiger partial charge in [-0.25, -0.2) is 9.59 Å². The van der Waals surface area contributed by atoms with Gasteiger partial charge in [0.2, 0.25) is 0 Å². The Balaban J connectivity index is 2.12. The van der Waals surface area contributed by atoms with Crippen LogP contribution in [0.3, 0.4) is 0 Å². The number of carbonyl (C=O) groups excluding carboxylic acids is 2. The second-order valence-corrected chi connectivity index (χ2v) is 3.53. The number of amides is 1. The largest absolute Gasteiger partial charge is 0.412 e. The highest BCUT2D eigenvalue weighted by Crippen LogP contribution is 2.20. The van der Waals surface area contributed by atoms with E-state index in [1.807, 2.05) is 24.3 Å². The fourth-order valence-electron chi connectivity index (χ4n) is 1.56. The van der Waals surface area contributed by atoms with Gasteiger partial charge in [-0.1, -0.05) is 18.2 Å². The van der Waals surface area contributed by atoms with Crippen molar-refractivity contribution in [1.82, 2.24) is 4.98 Å². The molecule has 0 fully saturated rings. The minimum Gasteiger partial charge on any atom is -0.375 e. The second kappa shape index (κ2) is 5.13. The van der Waals surface area contributed by atoms with E-state index in [-0.39, 0.29) is 6.54 Å². The smallest absolute Gasteiger partial charge is 0.375 e. The number of para-hydroxylation sites is 1. The summed E-state index contributed by atoms with van der Waals surface area (Å²) in [6.07, 6.45) is 0.549. The number of esters is 1. The first-order valence-electron chi connectivity index (χ1n) is 5.24.